The number of amides is 4. The van der Waals surface area contributed by atoms with Gasteiger partial charge in [0.15, 0.2) is 0 Å². The molecule has 1 aliphatic heterocycles. The number of carbonyl (C=O) groups excluding carboxylic acids is 3. The number of rotatable bonds is 7. The van der Waals surface area contributed by atoms with E-state index < -0.39 is 36.5 Å². The Morgan fingerprint density at radius 2 is 1.82 bits per heavy atom. The van der Waals surface area contributed by atoms with Crippen molar-refractivity contribution in [2.45, 2.75) is 26.0 Å². The van der Waals surface area contributed by atoms with Gasteiger partial charge in [-0.05, 0) is 73.5 Å². The third-order valence-electron chi connectivity index (χ3n) is 6.19. The lowest BCUT2D eigenvalue weighted by atomic mass is 9.92. The van der Waals surface area contributed by atoms with Crippen LogP contribution >= 0.6 is 11.3 Å². The predicted octanol–water partition coefficient (Wildman–Crippen LogP) is 5.28. The Morgan fingerprint density at radius 3 is 2.50 bits per heavy atom. The number of fused-ring (bicyclic) bond motifs is 1. The van der Waals surface area contributed by atoms with Gasteiger partial charge in [-0.2, -0.15) is 8.78 Å². The Labute approximate surface area is 220 Å². The molecule has 3 aromatic carbocycles. The number of alkyl halides is 2. The van der Waals surface area contributed by atoms with E-state index in [9.17, 15) is 23.2 Å². The number of nitrogens with one attached hydrogen (secondary N) is 2. The number of aromatic nitrogens is 1. The van der Waals surface area contributed by atoms with Crippen molar-refractivity contribution in [3.8, 4) is 16.3 Å². The molecule has 1 saturated heterocycles. The first kappa shape index (κ1) is 25.3. The third kappa shape index (κ3) is 4.92. The zero-order valence-electron chi connectivity index (χ0n) is 20.3. The van der Waals surface area contributed by atoms with E-state index in [1.165, 1.54) is 31.2 Å². The summed E-state index contributed by atoms with van der Waals surface area (Å²) in [6, 6.07) is 17.9. The summed E-state index contributed by atoms with van der Waals surface area (Å²) in [7, 11) is 0. The number of ether oxygens (including phenoxy) is 1. The van der Waals surface area contributed by atoms with Gasteiger partial charge in [-0.15, -0.1) is 11.3 Å². The Bertz CT molecular complexity index is 1540. The van der Waals surface area contributed by atoms with Crippen LogP contribution in [0.3, 0.4) is 0 Å². The maximum Gasteiger partial charge on any atom is 0.387 e. The second-order valence-electron chi connectivity index (χ2n) is 8.97. The average molecular weight is 537 g/mol. The van der Waals surface area contributed by atoms with Crippen LogP contribution in [0, 0.1) is 6.92 Å². The summed E-state index contributed by atoms with van der Waals surface area (Å²) in [4.78, 5) is 43.8. The van der Waals surface area contributed by atoms with Crippen molar-refractivity contribution in [1.82, 2.24) is 15.2 Å². The monoisotopic (exact) mass is 536 g/mol. The highest BCUT2D eigenvalue weighted by atomic mass is 32.1. The van der Waals surface area contributed by atoms with Crippen LogP contribution in [-0.2, 0) is 15.1 Å². The molecule has 4 amide bonds. The summed E-state index contributed by atoms with van der Waals surface area (Å²) in [5.74, 6) is -1.27. The van der Waals surface area contributed by atoms with E-state index in [1.807, 2.05) is 31.2 Å². The van der Waals surface area contributed by atoms with E-state index in [0.717, 1.165) is 31.3 Å². The van der Waals surface area contributed by atoms with Gasteiger partial charge in [0.25, 0.3) is 5.91 Å². The first-order valence-electron chi connectivity index (χ1n) is 11.6. The third-order valence-corrected chi connectivity index (χ3v) is 7.26. The number of carbonyl (C=O) groups is 3. The molecular formula is C27H22F2N4O4S. The average Bonchev–Trinajstić information content (AvgIpc) is 3.39. The fourth-order valence-corrected chi connectivity index (χ4v) is 5.27. The zero-order valence-corrected chi connectivity index (χ0v) is 21.1. The normalized spacial score (nSPS) is 17.2. The molecule has 194 valence electrons. The molecule has 0 spiro atoms. The number of halogens is 2. The maximum atomic E-state index is 13.1. The van der Waals surface area contributed by atoms with Gasteiger partial charge in [0.2, 0.25) is 5.91 Å². The van der Waals surface area contributed by atoms with Gasteiger partial charge in [-0.1, -0.05) is 18.2 Å². The molecule has 4 aromatic rings. The zero-order chi connectivity index (χ0) is 27.0. The number of urea groups is 1. The number of imide groups is 1. The molecule has 1 atom stereocenters. The van der Waals surface area contributed by atoms with Gasteiger partial charge in [0, 0.05) is 11.3 Å². The van der Waals surface area contributed by atoms with Crippen molar-refractivity contribution in [1.29, 1.82) is 0 Å². The lowest BCUT2D eigenvalue weighted by molar-refractivity contribution is -0.133. The Kier molecular flexibility index (Phi) is 6.53. The largest absolute Gasteiger partial charge is 0.435 e. The molecule has 0 radical (unpaired) electrons. The van der Waals surface area contributed by atoms with Crippen LogP contribution < -0.4 is 15.4 Å². The summed E-state index contributed by atoms with van der Waals surface area (Å²) >= 11 is 1.58. The Hall–Kier alpha value is -4.38. The van der Waals surface area contributed by atoms with Crippen LogP contribution in [0.5, 0.6) is 5.75 Å². The minimum Gasteiger partial charge on any atom is -0.435 e. The molecule has 8 nitrogen and oxygen atoms in total. The fraction of sp³-hybridized carbons (Fsp3) is 0.185. The number of nitrogens with zero attached hydrogens (tertiary/aromatic N) is 2. The van der Waals surface area contributed by atoms with Crippen molar-refractivity contribution < 1.29 is 27.9 Å². The molecule has 38 heavy (non-hydrogen) atoms. The maximum absolute atomic E-state index is 13.1. The molecule has 1 fully saturated rings. The summed E-state index contributed by atoms with van der Waals surface area (Å²) in [6.07, 6.45) is 0. The molecule has 0 bridgehead atoms. The van der Waals surface area contributed by atoms with Crippen LogP contribution in [0.15, 0.2) is 66.7 Å². The van der Waals surface area contributed by atoms with Crippen molar-refractivity contribution in [3.63, 3.8) is 0 Å². The minimum atomic E-state index is -2.98. The first-order valence-corrected chi connectivity index (χ1v) is 12.4. The standard InChI is InChI=1S/C27H22F2N4O4S/c1-15-3-12-20-21(13-15)38-23(31-20)16-4-8-18(9-5-16)30-22(34)14-33-24(35)27(2,32-26(33)36)17-6-10-19(11-7-17)37-25(28)29/h3-13,25H,14H2,1-2H3,(H,30,34)(H,32,36)/t27-/m0/s1. The minimum absolute atomic E-state index is 0.0791. The Morgan fingerprint density at radius 1 is 1.11 bits per heavy atom. The lowest BCUT2D eigenvalue weighted by Crippen LogP contribution is -2.42. The summed E-state index contributed by atoms with van der Waals surface area (Å²) in [5, 5.41) is 6.13. The lowest BCUT2D eigenvalue weighted by Gasteiger charge is -2.22. The van der Waals surface area contributed by atoms with Crippen LogP contribution in [-0.4, -0.2) is 40.9 Å². The highest BCUT2D eigenvalue weighted by Crippen LogP contribution is 2.32. The van der Waals surface area contributed by atoms with Crippen LogP contribution in [0.1, 0.15) is 18.1 Å². The van der Waals surface area contributed by atoms with E-state index in [0.29, 0.717) is 11.3 Å². The van der Waals surface area contributed by atoms with Crippen LogP contribution in [0.25, 0.3) is 20.8 Å². The van der Waals surface area contributed by atoms with Gasteiger partial charge in [0.1, 0.15) is 22.8 Å². The Balaban J connectivity index is 1.24. The molecule has 0 unspecified atom stereocenters. The molecule has 2 heterocycles. The smallest absolute Gasteiger partial charge is 0.387 e. The first-order chi connectivity index (χ1) is 18.1. The van der Waals surface area contributed by atoms with Gasteiger partial charge >= 0.3 is 12.6 Å². The molecule has 5 rings (SSSR count). The number of benzene rings is 3. The topological polar surface area (TPSA) is 101 Å². The van der Waals surface area contributed by atoms with Gasteiger partial charge in [-0.25, -0.2) is 9.78 Å². The number of anilines is 1. The van der Waals surface area contributed by atoms with E-state index >= 15 is 0 Å². The quantitative estimate of drug-likeness (QED) is 0.313. The van der Waals surface area contributed by atoms with Crippen molar-refractivity contribution in [2.24, 2.45) is 0 Å². The molecule has 0 saturated carbocycles. The molecule has 1 aromatic heterocycles. The van der Waals surface area contributed by atoms with E-state index in [4.69, 9.17) is 0 Å². The number of hydrogen-bond acceptors (Lipinski definition) is 6. The van der Waals surface area contributed by atoms with Crippen molar-refractivity contribution in [3.05, 3.63) is 77.9 Å². The van der Waals surface area contributed by atoms with E-state index in [2.05, 4.69) is 26.4 Å². The molecule has 2 N–H and O–H groups in total. The van der Waals surface area contributed by atoms with Crippen molar-refractivity contribution in [2.75, 3.05) is 11.9 Å². The van der Waals surface area contributed by atoms with Crippen LogP contribution in [0.4, 0.5) is 19.3 Å². The SMILES string of the molecule is Cc1ccc2nc(-c3ccc(NC(=O)CN4C(=O)N[C@@](C)(c5ccc(OC(F)F)cc5)C4=O)cc3)sc2c1. The summed E-state index contributed by atoms with van der Waals surface area (Å²) < 4.78 is 30.2. The van der Waals surface area contributed by atoms with Gasteiger partial charge in [-0.3, -0.25) is 14.5 Å². The summed E-state index contributed by atoms with van der Waals surface area (Å²) in [6.45, 7) is 0.0373. The van der Waals surface area contributed by atoms with E-state index in [1.54, 1.807) is 23.5 Å². The second kappa shape index (κ2) is 9.82. The summed E-state index contributed by atoms with van der Waals surface area (Å²) in [5.41, 5.74) is 2.38. The molecular weight excluding hydrogens is 514 g/mol. The number of thiazole rings is 1. The fourth-order valence-electron chi connectivity index (χ4n) is 4.20. The predicted molar refractivity (Wildman–Crippen MR) is 139 cm³/mol. The highest BCUT2D eigenvalue weighted by Gasteiger charge is 2.49. The molecule has 11 heteroatoms. The second-order valence-corrected chi connectivity index (χ2v) is 10.00. The molecule has 0 aliphatic carbocycles. The van der Waals surface area contributed by atoms with Crippen LogP contribution in [0.2, 0.25) is 0 Å². The van der Waals surface area contributed by atoms with Gasteiger partial charge in [0.05, 0.1) is 10.2 Å². The van der Waals surface area contributed by atoms with Crippen molar-refractivity contribution >= 4 is 45.1 Å². The number of hydrogen-bond donors (Lipinski definition) is 2. The molecule has 1 aliphatic rings. The number of aryl methyl sites for hydroxylation is 1. The highest BCUT2D eigenvalue weighted by molar-refractivity contribution is 7.21. The van der Waals surface area contributed by atoms with Gasteiger partial charge < -0.3 is 15.4 Å². The van der Waals surface area contributed by atoms with E-state index in [-0.39, 0.29) is 5.75 Å².